The van der Waals surface area contributed by atoms with Gasteiger partial charge in [0.05, 0.1) is 12.3 Å². The van der Waals surface area contributed by atoms with Crippen molar-refractivity contribution in [2.75, 3.05) is 11.9 Å². The lowest BCUT2D eigenvalue weighted by Crippen LogP contribution is -2.38. The number of ether oxygens (including phenoxy) is 1. The molecule has 4 rings (SSSR count). The third-order valence-electron chi connectivity index (χ3n) is 4.82. The van der Waals surface area contributed by atoms with Gasteiger partial charge in [0, 0.05) is 29.1 Å². The molecule has 3 N–H and O–H groups in total. The number of rotatable bonds is 4. The number of amides is 2. The molecule has 0 saturated carbocycles. The first-order chi connectivity index (χ1) is 12.6. The standard InChI is InChI=1S/C21H23N3O2/c1-3-26-20-7-5-4-6-18(20)24-21(25)22-14-11-16-15-10-13(2)8-9-17(15)23-19(16)12-14/h4-10,14,23H,3,11-12H2,1-2H3,(H2,22,24,25). The highest BCUT2D eigenvalue weighted by Gasteiger charge is 2.26. The van der Waals surface area contributed by atoms with E-state index in [1.54, 1.807) is 0 Å². The zero-order valence-electron chi connectivity index (χ0n) is 15.1. The summed E-state index contributed by atoms with van der Waals surface area (Å²) in [7, 11) is 0. The average Bonchev–Trinajstić information content (AvgIpc) is 3.14. The van der Waals surface area contributed by atoms with E-state index in [-0.39, 0.29) is 12.1 Å². The number of hydrogen-bond donors (Lipinski definition) is 3. The highest BCUT2D eigenvalue weighted by Crippen LogP contribution is 2.31. The fourth-order valence-electron chi connectivity index (χ4n) is 3.69. The smallest absolute Gasteiger partial charge is 0.319 e. The van der Waals surface area contributed by atoms with Crippen molar-refractivity contribution in [2.24, 2.45) is 0 Å². The number of para-hydroxylation sites is 2. The fraction of sp³-hybridized carbons (Fsp3) is 0.286. The Morgan fingerprint density at radius 3 is 2.92 bits per heavy atom. The lowest BCUT2D eigenvalue weighted by atomic mass is 10.1. The van der Waals surface area contributed by atoms with Gasteiger partial charge in [-0.2, -0.15) is 0 Å². The lowest BCUT2D eigenvalue weighted by Gasteiger charge is -2.15. The molecule has 1 atom stereocenters. The summed E-state index contributed by atoms with van der Waals surface area (Å²) in [5, 5.41) is 7.26. The monoisotopic (exact) mass is 349 g/mol. The summed E-state index contributed by atoms with van der Waals surface area (Å²) in [6, 6.07) is 13.8. The molecule has 0 aliphatic heterocycles. The SMILES string of the molecule is CCOc1ccccc1NC(=O)NC1Cc2[nH]c3ccc(C)cc3c2C1. The van der Waals surface area contributed by atoms with E-state index in [9.17, 15) is 4.79 Å². The molecule has 2 amide bonds. The molecule has 1 aliphatic rings. The van der Waals surface area contributed by atoms with Crippen LogP contribution < -0.4 is 15.4 Å². The molecule has 5 nitrogen and oxygen atoms in total. The first-order valence-corrected chi connectivity index (χ1v) is 9.03. The summed E-state index contributed by atoms with van der Waals surface area (Å²) in [4.78, 5) is 15.9. The normalized spacial score (nSPS) is 15.7. The minimum Gasteiger partial charge on any atom is -0.492 e. The number of carbonyl (C=O) groups is 1. The number of aryl methyl sites for hydroxylation is 1. The lowest BCUT2D eigenvalue weighted by molar-refractivity contribution is 0.248. The second kappa shape index (κ2) is 6.75. The van der Waals surface area contributed by atoms with Crippen LogP contribution in [0.15, 0.2) is 42.5 Å². The molecule has 26 heavy (non-hydrogen) atoms. The van der Waals surface area contributed by atoms with Crippen molar-refractivity contribution in [1.29, 1.82) is 0 Å². The second-order valence-corrected chi connectivity index (χ2v) is 6.76. The molecule has 1 aliphatic carbocycles. The maximum atomic E-state index is 12.4. The van der Waals surface area contributed by atoms with Gasteiger partial charge in [0.2, 0.25) is 0 Å². The molecule has 0 fully saturated rings. The van der Waals surface area contributed by atoms with Gasteiger partial charge in [0.15, 0.2) is 0 Å². The van der Waals surface area contributed by atoms with Gasteiger partial charge in [-0.15, -0.1) is 0 Å². The van der Waals surface area contributed by atoms with E-state index in [2.05, 4.69) is 40.7 Å². The number of nitrogens with one attached hydrogen (secondary N) is 3. The van der Waals surface area contributed by atoms with Crippen LogP contribution in [0.25, 0.3) is 10.9 Å². The number of benzene rings is 2. The largest absolute Gasteiger partial charge is 0.492 e. The topological polar surface area (TPSA) is 66.2 Å². The van der Waals surface area contributed by atoms with Crippen molar-refractivity contribution in [3.63, 3.8) is 0 Å². The van der Waals surface area contributed by atoms with E-state index in [1.165, 1.54) is 27.7 Å². The van der Waals surface area contributed by atoms with Crippen LogP contribution in [0.5, 0.6) is 5.75 Å². The molecule has 0 radical (unpaired) electrons. The van der Waals surface area contributed by atoms with E-state index in [4.69, 9.17) is 4.74 Å². The van der Waals surface area contributed by atoms with Crippen LogP contribution in [0, 0.1) is 6.92 Å². The number of H-pyrrole nitrogens is 1. The number of fused-ring (bicyclic) bond motifs is 3. The number of hydrogen-bond acceptors (Lipinski definition) is 2. The van der Waals surface area contributed by atoms with Crippen molar-refractivity contribution in [2.45, 2.75) is 32.7 Å². The summed E-state index contributed by atoms with van der Waals surface area (Å²) < 4.78 is 5.56. The fourth-order valence-corrected chi connectivity index (χ4v) is 3.69. The first-order valence-electron chi connectivity index (χ1n) is 9.03. The zero-order chi connectivity index (χ0) is 18.1. The predicted molar refractivity (Wildman–Crippen MR) is 104 cm³/mol. The second-order valence-electron chi connectivity index (χ2n) is 6.76. The van der Waals surface area contributed by atoms with Crippen molar-refractivity contribution in [1.82, 2.24) is 10.3 Å². The summed E-state index contributed by atoms with van der Waals surface area (Å²) in [6.45, 7) is 4.59. The molecule has 1 aromatic heterocycles. The molecule has 0 bridgehead atoms. The molecule has 5 heteroatoms. The van der Waals surface area contributed by atoms with Gasteiger partial charge in [0.1, 0.15) is 5.75 Å². The van der Waals surface area contributed by atoms with E-state index < -0.39 is 0 Å². The number of carbonyl (C=O) groups excluding carboxylic acids is 1. The Bertz CT molecular complexity index is 961. The quantitative estimate of drug-likeness (QED) is 0.662. The van der Waals surface area contributed by atoms with Gasteiger partial charge >= 0.3 is 6.03 Å². The summed E-state index contributed by atoms with van der Waals surface area (Å²) >= 11 is 0. The van der Waals surface area contributed by atoms with Gasteiger partial charge < -0.3 is 20.4 Å². The van der Waals surface area contributed by atoms with Crippen LogP contribution in [0.3, 0.4) is 0 Å². The number of aromatic amines is 1. The van der Waals surface area contributed by atoms with E-state index in [1.807, 2.05) is 31.2 Å². The Labute approximate surface area is 152 Å². The molecule has 0 saturated heterocycles. The molecule has 134 valence electrons. The van der Waals surface area contributed by atoms with Crippen LogP contribution in [0.2, 0.25) is 0 Å². The number of anilines is 1. The van der Waals surface area contributed by atoms with Crippen LogP contribution >= 0.6 is 0 Å². The summed E-state index contributed by atoms with van der Waals surface area (Å²) in [6.07, 6.45) is 1.67. The van der Waals surface area contributed by atoms with Crippen molar-refractivity contribution >= 4 is 22.6 Å². The minimum atomic E-state index is -0.201. The maximum absolute atomic E-state index is 12.4. The Balaban J connectivity index is 1.44. The Morgan fingerprint density at radius 2 is 2.08 bits per heavy atom. The highest BCUT2D eigenvalue weighted by molar-refractivity contribution is 5.91. The third kappa shape index (κ3) is 3.12. The molecular formula is C21H23N3O2. The predicted octanol–water partition coefficient (Wildman–Crippen LogP) is 4.16. The third-order valence-corrected chi connectivity index (χ3v) is 4.82. The highest BCUT2D eigenvalue weighted by atomic mass is 16.5. The van der Waals surface area contributed by atoms with E-state index in [0.717, 1.165) is 12.8 Å². The van der Waals surface area contributed by atoms with Crippen molar-refractivity contribution < 1.29 is 9.53 Å². The van der Waals surface area contributed by atoms with Crippen molar-refractivity contribution in [3.8, 4) is 5.75 Å². The van der Waals surface area contributed by atoms with Gasteiger partial charge in [-0.1, -0.05) is 23.8 Å². The Morgan fingerprint density at radius 1 is 1.23 bits per heavy atom. The van der Waals surface area contributed by atoms with Gasteiger partial charge in [-0.3, -0.25) is 0 Å². The Kier molecular flexibility index (Phi) is 4.29. The van der Waals surface area contributed by atoms with E-state index in [0.29, 0.717) is 18.0 Å². The van der Waals surface area contributed by atoms with Crippen LogP contribution in [-0.4, -0.2) is 23.7 Å². The summed E-state index contributed by atoms with van der Waals surface area (Å²) in [5.41, 5.74) is 5.66. The Hall–Kier alpha value is -2.95. The van der Waals surface area contributed by atoms with Crippen LogP contribution in [-0.2, 0) is 12.8 Å². The molecule has 1 heterocycles. The van der Waals surface area contributed by atoms with Gasteiger partial charge in [0.25, 0.3) is 0 Å². The number of aromatic nitrogens is 1. The maximum Gasteiger partial charge on any atom is 0.319 e. The first kappa shape index (κ1) is 16.5. The van der Waals surface area contributed by atoms with Crippen LogP contribution in [0.1, 0.15) is 23.7 Å². The van der Waals surface area contributed by atoms with Gasteiger partial charge in [-0.25, -0.2) is 4.79 Å². The van der Waals surface area contributed by atoms with Crippen molar-refractivity contribution in [3.05, 3.63) is 59.3 Å². The average molecular weight is 349 g/mol. The minimum absolute atomic E-state index is 0.0976. The zero-order valence-corrected chi connectivity index (χ0v) is 15.1. The number of urea groups is 1. The van der Waals surface area contributed by atoms with E-state index >= 15 is 0 Å². The molecule has 0 spiro atoms. The summed E-state index contributed by atoms with van der Waals surface area (Å²) in [5.74, 6) is 0.684. The molecule has 3 aromatic rings. The molecular weight excluding hydrogens is 326 g/mol. The molecule has 1 unspecified atom stereocenters. The van der Waals surface area contributed by atoms with Gasteiger partial charge in [-0.05, 0) is 50.1 Å². The van der Waals surface area contributed by atoms with Crippen LogP contribution in [0.4, 0.5) is 10.5 Å². The molecule has 2 aromatic carbocycles.